The Morgan fingerprint density at radius 2 is 2.29 bits per heavy atom. The quantitative estimate of drug-likeness (QED) is 0.452. The van der Waals surface area contributed by atoms with Gasteiger partial charge >= 0.3 is 0 Å². The first-order chi connectivity index (χ1) is 9.49. The van der Waals surface area contributed by atoms with Crippen LogP contribution < -0.4 is 10.6 Å². The average Bonchev–Trinajstić information content (AvgIpc) is 2.77. The molecule has 0 spiro atoms. The lowest BCUT2D eigenvalue weighted by Crippen LogP contribution is -2.47. The average molecular weight is 408 g/mol. The van der Waals surface area contributed by atoms with E-state index in [1.165, 1.54) is 0 Å². The van der Waals surface area contributed by atoms with Crippen molar-refractivity contribution in [3.63, 3.8) is 0 Å². The van der Waals surface area contributed by atoms with Gasteiger partial charge in [0.05, 0.1) is 31.1 Å². The van der Waals surface area contributed by atoms with Crippen LogP contribution in [-0.2, 0) is 18.3 Å². The van der Waals surface area contributed by atoms with E-state index in [1.807, 2.05) is 43.7 Å². The Morgan fingerprint density at radius 1 is 1.57 bits per heavy atom. The van der Waals surface area contributed by atoms with E-state index in [0.717, 1.165) is 24.7 Å². The Morgan fingerprint density at radius 3 is 2.86 bits per heavy atom. The Labute approximate surface area is 143 Å². The van der Waals surface area contributed by atoms with E-state index < -0.39 is 0 Å². The fourth-order valence-corrected chi connectivity index (χ4v) is 2.28. The summed E-state index contributed by atoms with van der Waals surface area (Å²) in [4.78, 5) is 12.9. The number of aliphatic imine (C=N–C) groups is 1. The van der Waals surface area contributed by atoms with Crippen molar-refractivity contribution in [1.82, 2.24) is 14.5 Å². The van der Waals surface area contributed by atoms with Gasteiger partial charge in [0.1, 0.15) is 0 Å². The molecule has 120 valence electrons. The summed E-state index contributed by atoms with van der Waals surface area (Å²) in [6, 6.07) is 0. The molecule has 1 fully saturated rings. The minimum Gasteiger partial charge on any atom is -0.375 e. The van der Waals surface area contributed by atoms with Gasteiger partial charge in [-0.3, -0.25) is 0 Å². The molecule has 1 saturated heterocycles. The number of anilines is 1. The molecule has 1 aliphatic rings. The lowest BCUT2D eigenvalue weighted by molar-refractivity contribution is 0.00528. The zero-order chi connectivity index (χ0) is 14.7. The molecule has 2 N–H and O–H groups in total. The van der Waals surface area contributed by atoms with E-state index in [9.17, 15) is 0 Å². The van der Waals surface area contributed by atoms with Crippen molar-refractivity contribution < 1.29 is 4.74 Å². The number of guanidine groups is 1. The molecule has 0 radical (unpaired) electrons. The predicted octanol–water partition coefficient (Wildman–Crippen LogP) is 0.639. The highest BCUT2D eigenvalue weighted by molar-refractivity contribution is 14.0. The standard InChI is InChI=1S/C13H24N6O.HI/c1-10-9-19(5-6-20-10)12(14)15-7-11-8-16-13(17(2)3)18(11)4;/h8,10H,5-7,9H2,1-4H3,(H2,14,15);1H. The number of aromatic nitrogens is 2. The van der Waals surface area contributed by atoms with Crippen molar-refractivity contribution in [2.24, 2.45) is 17.8 Å². The normalized spacial score (nSPS) is 19.3. The molecule has 8 heteroatoms. The number of rotatable bonds is 3. The molecule has 0 aliphatic carbocycles. The first-order valence-electron chi connectivity index (χ1n) is 6.83. The molecule has 1 aromatic heterocycles. The van der Waals surface area contributed by atoms with E-state index in [2.05, 4.69) is 14.9 Å². The summed E-state index contributed by atoms with van der Waals surface area (Å²) in [6.07, 6.45) is 2.04. The molecule has 0 saturated carbocycles. The van der Waals surface area contributed by atoms with Crippen molar-refractivity contribution in [2.45, 2.75) is 19.6 Å². The zero-order valence-corrected chi connectivity index (χ0v) is 15.4. The molecular formula is C13H25IN6O. The number of halogens is 1. The van der Waals surface area contributed by atoms with Gasteiger partial charge in [-0.05, 0) is 6.92 Å². The topological polar surface area (TPSA) is 71.9 Å². The second kappa shape index (κ2) is 7.83. The van der Waals surface area contributed by atoms with Gasteiger partial charge in [-0.15, -0.1) is 24.0 Å². The summed E-state index contributed by atoms with van der Waals surface area (Å²) < 4.78 is 7.52. The first-order valence-corrected chi connectivity index (χ1v) is 6.83. The van der Waals surface area contributed by atoms with Gasteiger partial charge in [-0.2, -0.15) is 0 Å². The van der Waals surface area contributed by atoms with Crippen molar-refractivity contribution in [1.29, 1.82) is 0 Å². The molecule has 0 amide bonds. The molecule has 2 rings (SSSR count). The number of morpholine rings is 1. The second-order valence-electron chi connectivity index (χ2n) is 5.30. The highest BCUT2D eigenvalue weighted by Crippen LogP contribution is 2.12. The van der Waals surface area contributed by atoms with Crippen LogP contribution in [0.4, 0.5) is 5.95 Å². The maximum absolute atomic E-state index is 6.06. The second-order valence-corrected chi connectivity index (χ2v) is 5.30. The summed E-state index contributed by atoms with van der Waals surface area (Å²) in [5, 5.41) is 0. The third-order valence-electron chi connectivity index (χ3n) is 3.43. The van der Waals surface area contributed by atoms with Crippen LogP contribution in [0.15, 0.2) is 11.2 Å². The Balaban J connectivity index is 0.00000220. The Hall–Kier alpha value is -1.03. The van der Waals surface area contributed by atoms with Crippen LogP contribution in [0.2, 0.25) is 0 Å². The van der Waals surface area contributed by atoms with Gasteiger partial charge in [0.2, 0.25) is 5.95 Å². The minimum atomic E-state index is 0. The van der Waals surface area contributed by atoms with Crippen molar-refractivity contribution >= 4 is 35.9 Å². The van der Waals surface area contributed by atoms with Crippen LogP contribution in [0.5, 0.6) is 0 Å². The third-order valence-corrected chi connectivity index (χ3v) is 3.43. The van der Waals surface area contributed by atoms with Gasteiger partial charge < -0.3 is 24.8 Å². The molecule has 1 atom stereocenters. The van der Waals surface area contributed by atoms with E-state index in [1.54, 1.807) is 0 Å². The third kappa shape index (κ3) is 4.47. The van der Waals surface area contributed by atoms with Crippen LogP contribution in [0, 0.1) is 0 Å². The lowest BCUT2D eigenvalue weighted by atomic mass is 10.3. The fraction of sp³-hybridized carbons (Fsp3) is 0.692. The molecule has 1 unspecified atom stereocenters. The first kappa shape index (κ1) is 18.0. The maximum Gasteiger partial charge on any atom is 0.204 e. The van der Waals surface area contributed by atoms with Crippen LogP contribution in [-0.4, -0.2) is 60.3 Å². The van der Waals surface area contributed by atoms with E-state index in [4.69, 9.17) is 10.5 Å². The molecule has 21 heavy (non-hydrogen) atoms. The lowest BCUT2D eigenvalue weighted by Gasteiger charge is -2.31. The monoisotopic (exact) mass is 408 g/mol. The molecule has 1 aliphatic heterocycles. The largest absolute Gasteiger partial charge is 0.375 e. The number of ether oxygens (including phenoxy) is 1. The summed E-state index contributed by atoms with van der Waals surface area (Å²) >= 11 is 0. The summed E-state index contributed by atoms with van der Waals surface area (Å²) in [6.45, 7) is 4.88. The molecule has 1 aromatic rings. The van der Waals surface area contributed by atoms with Crippen LogP contribution >= 0.6 is 24.0 Å². The Kier molecular flexibility index (Phi) is 6.72. The van der Waals surface area contributed by atoms with Crippen LogP contribution in [0.1, 0.15) is 12.6 Å². The fourth-order valence-electron chi connectivity index (χ4n) is 2.28. The molecular weight excluding hydrogens is 383 g/mol. The number of imidazole rings is 1. The van der Waals surface area contributed by atoms with Gasteiger partial charge in [0, 0.05) is 34.2 Å². The number of hydrogen-bond acceptors (Lipinski definition) is 4. The van der Waals surface area contributed by atoms with Crippen molar-refractivity contribution in [3.8, 4) is 0 Å². The smallest absolute Gasteiger partial charge is 0.204 e. The van der Waals surface area contributed by atoms with Crippen molar-refractivity contribution in [3.05, 3.63) is 11.9 Å². The molecule has 0 bridgehead atoms. The van der Waals surface area contributed by atoms with Crippen LogP contribution in [0.3, 0.4) is 0 Å². The van der Waals surface area contributed by atoms with Gasteiger partial charge in [-0.1, -0.05) is 0 Å². The van der Waals surface area contributed by atoms with Gasteiger partial charge in [0.25, 0.3) is 0 Å². The van der Waals surface area contributed by atoms with E-state index >= 15 is 0 Å². The van der Waals surface area contributed by atoms with Gasteiger partial charge in [0.15, 0.2) is 5.96 Å². The Bertz CT molecular complexity index is 487. The van der Waals surface area contributed by atoms with Gasteiger partial charge in [-0.25, -0.2) is 9.98 Å². The summed E-state index contributed by atoms with van der Waals surface area (Å²) in [5.41, 5.74) is 7.10. The van der Waals surface area contributed by atoms with Crippen molar-refractivity contribution in [2.75, 3.05) is 38.7 Å². The summed E-state index contributed by atoms with van der Waals surface area (Å²) in [5.74, 6) is 1.49. The predicted molar refractivity (Wildman–Crippen MR) is 95.3 cm³/mol. The zero-order valence-electron chi connectivity index (χ0n) is 13.1. The molecule has 0 aromatic carbocycles. The number of nitrogens with zero attached hydrogens (tertiary/aromatic N) is 5. The summed E-state index contributed by atoms with van der Waals surface area (Å²) in [7, 11) is 5.93. The van der Waals surface area contributed by atoms with Crippen LogP contribution in [0.25, 0.3) is 0 Å². The highest BCUT2D eigenvalue weighted by Gasteiger charge is 2.18. The maximum atomic E-state index is 6.06. The molecule has 7 nitrogen and oxygen atoms in total. The van der Waals surface area contributed by atoms with E-state index in [0.29, 0.717) is 19.1 Å². The van der Waals surface area contributed by atoms with E-state index in [-0.39, 0.29) is 30.1 Å². The minimum absolute atomic E-state index is 0. The SMILES string of the molecule is CC1CN(C(N)=NCc2cnc(N(C)C)n2C)CCO1.I. The number of hydrogen-bond donors (Lipinski definition) is 1. The number of nitrogens with two attached hydrogens (primary N) is 1. The highest BCUT2D eigenvalue weighted by atomic mass is 127. The molecule has 2 heterocycles.